The number of hydrogen-bond donors (Lipinski definition) is 2. The molecule has 1 fully saturated rings. The molecule has 1 unspecified atom stereocenters. The maximum absolute atomic E-state index is 13.4. The number of rotatable bonds is 10. The Hall–Kier alpha value is -3.22. The molecule has 0 saturated carbocycles. The van der Waals surface area contributed by atoms with Crippen LogP contribution in [0.3, 0.4) is 0 Å². The summed E-state index contributed by atoms with van der Waals surface area (Å²) in [5.41, 5.74) is 1.72. The summed E-state index contributed by atoms with van der Waals surface area (Å²) in [6.45, 7) is 6.63. The zero-order chi connectivity index (χ0) is 29.5. The number of ether oxygens (including phenoxy) is 4. The molecule has 2 aromatic rings. The van der Waals surface area contributed by atoms with Crippen molar-refractivity contribution in [3.8, 4) is 0 Å². The first-order valence-electron chi connectivity index (χ1n) is 13.1. The molecular formula is C28H32Cl2N4O7. The van der Waals surface area contributed by atoms with Crippen LogP contribution < -0.4 is 10.9 Å². The van der Waals surface area contributed by atoms with Crippen LogP contribution >= 0.6 is 23.2 Å². The molecule has 0 aliphatic carbocycles. The summed E-state index contributed by atoms with van der Waals surface area (Å²) in [4.78, 5) is 48.1. The summed E-state index contributed by atoms with van der Waals surface area (Å²) in [5.74, 6) is -1.71. The Bertz CT molecular complexity index is 1420. The fraction of sp³-hybridized carbons (Fsp3) is 0.429. The largest absolute Gasteiger partial charge is 0.466 e. The zero-order valence-corrected chi connectivity index (χ0v) is 24.6. The molecule has 1 aromatic carbocycles. The molecule has 1 aromatic heterocycles. The molecule has 3 heterocycles. The number of H-pyrrole nitrogens is 1. The minimum absolute atomic E-state index is 0.00345. The molecule has 0 radical (unpaired) electrons. The van der Waals surface area contributed by atoms with Gasteiger partial charge in [-0.2, -0.15) is 0 Å². The number of nitrogens with zero attached hydrogens (tertiary/aromatic N) is 2. The Kier molecular flexibility index (Phi) is 10.6. The van der Waals surface area contributed by atoms with Gasteiger partial charge in [0.15, 0.2) is 0 Å². The highest BCUT2D eigenvalue weighted by Gasteiger charge is 2.40. The minimum Gasteiger partial charge on any atom is -0.466 e. The van der Waals surface area contributed by atoms with Gasteiger partial charge in [-0.25, -0.2) is 14.6 Å². The summed E-state index contributed by atoms with van der Waals surface area (Å²) >= 11 is 12.9. The average Bonchev–Trinajstić information content (AvgIpc) is 2.94. The van der Waals surface area contributed by atoms with Crippen LogP contribution in [-0.2, 0) is 41.7 Å². The van der Waals surface area contributed by atoms with Crippen molar-refractivity contribution in [2.45, 2.75) is 32.9 Å². The van der Waals surface area contributed by atoms with Gasteiger partial charge in [-0.3, -0.25) is 9.69 Å². The van der Waals surface area contributed by atoms with E-state index in [1.54, 1.807) is 32.0 Å². The number of dihydropyridines is 1. The second-order valence-corrected chi connectivity index (χ2v) is 10.2. The number of aromatic nitrogens is 2. The summed E-state index contributed by atoms with van der Waals surface area (Å²) in [6, 6.07) is 6.35. The molecule has 0 bridgehead atoms. The number of nitrogens with one attached hydrogen (secondary N) is 2. The van der Waals surface area contributed by atoms with Gasteiger partial charge in [-0.05, 0) is 25.5 Å². The Balaban J connectivity index is 1.64. The lowest BCUT2D eigenvalue weighted by atomic mass is 9.80. The Morgan fingerprint density at radius 1 is 1.15 bits per heavy atom. The maximum Gasteiger partial charge on any atom is 0.336 e. The van der Waals surface area contributed by atoms with E-state index in [4.69, 9.17) is 42.1 Å². The quantitative estimate of drug-likeness (QED) is 0.389. The van der Waals surface area contributed by atoms with Crippen LogP contribution in [0, 0.1) is 0 Å². The lowest BCUT2D eigenvalue weighted by Crippen LogP contribution is -2.36. The summed E-state index contributed by atoms with van der Waals surface area (Å²) in [7, 11) is 1.26. The fourth-order valence-corrected chi connectivity index (χ4v) is 5.25. The molecule has 2 aliphatic rings. The van der Waals surface area contributed by atoms with E-state index in [9.17, 15) is 14.4 Å². The third-order valence-electron chi connectivity index (χ3n) is 6.66. The van der Waals surface area contributed by atoms with Crippen molar-refractivity contribution in [1.82, 2.24) is 20.2 Å². The van der Waals surface area contributed by atoms with E-state index in [0.29, 0.717) is 48.2 Å². The average molecular weight is 607 g/mol. The van der Waals surface area contributed by atoms with E-state index < -0.39 is 17.9 Å². The van der Waals surface area contributed by atoms with Crippen molar-refractivity contribution in [1.29, 1.82) is 0 Å². The number of carbonyl (C=O) groups is 2. The number of hydrogen-bond acceptors (Lipinski definition) is 10. The number of morpholine rings is 1. The van der Waals surface area contributed by atoms with Crippen molar-refractivity contribution in [3.05, 3.63) is 84.3 Å². The normalized spacial score (nSPS) is 17.8. The summed E-state index contributed by atoms with van der Waals surface area (Å²) in [5, 5.41) is 3.57. The van der Waals surface area contributed by atoms with Crippen molar-refractivity contribution in [2.75, 3.05) is 46.6 Å². The van der Waals surface area contributed by atoms with Gasteiger partial charge in [0.25, 0.3) is 5.56 Å². The summed E-state index contributed by atoms with van der Waals surface area (Å²) in [6.07, 6.45) is 0. The first kappa shape index (κ1) is 30.7. The third kappa shape index (κ3) is 7.35. The molecule has 0 amide bonds. The van der Waals surface area contributed by atoms with Crippen LogP contribution in [0.1, 0.15) is 36.8 Å². The first-order chi connectivity index (χ1) is 19.7. The number of esters is 2. The van der Waals surface area contributed by atoms with Gasteiger partial charge in [-0.15, -0.1) is 0 Å². The molecule has 0 spiro atoms. The highest BCUT2D eigenvalue weighted by atomic mass is 35.5. The van der Waals surface area contributed by atoms with Crippen molar-refractivity contribution in [3.63, 3.8) is 0 Å². The lowest BCUT2D eigenvalue weighted by Gasteiger charge is -2.31. The molecule has 13 heteroatoms. The molecule has 2 N–H and O–H groups in total. The van der Waals surface area contributed by atoms with Gasteiger partial charge in [-0.1, -0.05) is 35.3 Å². The minimum atomic E-state index is -0.939. The Morgan fingerprint density at radius 3 is 2.61 bits per heavy atom. The predicted octanol–water partition coefficient (Wildman–Crippen LogP) is 3.08. The van der Waals surface area contributed by atoms with Crippen molar-refractivity contribution < 1.29 is 28.5 Å². The number of allylic oxidation sites excluding steroid dienone is 1. The first-order valence-corrected chi connectivity index (χ1v) is 13.9. The van der Waals surface area contributed by atoms with E-state index in [0.717, 1.165) is 13.1 Å². The van der Waals surface area contributed by atoms with Crippen LogP contribution in [0.5, 0.6) is 0 Å². The highest BCUT2D eigenvalue weighted by Crippen LogP contribution is 2.43. The van der Waals surface area contributed by atoms with Crippen molar-refractivity contribution in [2.24, 2.45) is 0 Å². The monoisotopic (exact) mass is 606 g/mol. The van der Waals surface area contributed by atoms with Crippen LogP contribution in [0.15, 0.2) is 51.6 Å². The van der Waals surface area contributed by atoms with E-state index in [-0.39, 0.29) is 46.6 Å². The zero-order valence-electron chi connectivity index (χ0n) is 23.1. The third-order valence-corrected chi connectivity index (χ3v) is 7.49. The van der Waals surface area contributed by atoms with Crippen molar-refractivity contribution >= 4 is 35.1 Å². The van der Waals surface area contributed by atoms with Gasteiger partial charge < -0.3 is 29.2 Å². The van der Waals surface area contributed by atoms with Gasteiger partial charge in [0.1, 0.15) is 5.82 Å². The molecular weight excluding hydrogens is 575 g/mol. The number of aromatic amines is 1. The van der Waals surface area contributed by atoms with E-state index in [1.807, 2.05) is 0 Å². The number of methoxy groups -OCH3 is 1. The lowest BCUT2D eigenvalue weighted by molar-refractivity contribution is -0.139. The Labute approximate surface area is 247 Å². The maximum atomic E-state index is 13.4. The standard InChI is InChI=1S/C28H32Cl2N4O7/c1-4-41-28(37)25-20(15-40-14-17-12-22(35)33-21(32-17)13-34-8-10-39-11-9-34)31-16(2)23(27(36)38-3)24(25)18-6-5-7-19(29)26(18)30/h5-7,12,24,31H,4,8-11,13-15H2,1-3H3,(H,32,33,35). The van der Waals surface area contributed by atoms with Gasteiger partial charge in [0, 0.05) is 24.9 Å². The molecule has 4 rings (SSSR count). The fourth-order valence-electron chi connectivity index (χ4n) is 4.84. The van der Waals surface area contributed by atoms with Crippen LogP contribution in [0.4, 0.5) is 0 Å². The molecule has 2 aliphatic heterocycles. The number of carbonyl (C=O) groups excluding carboxylic acids is 2. The number of halogens is 2. The Morgan fingerprint density at radius 2 is 1.90 bits per heavy atom. The van der Waals surface area contributed by atoms with Crippen LogP contribution in [-0.4, -0.2) is 73.4 Å². The second-order valence-electron chi connectivity index (χ2n) is 9.41. The molecule has 1 saturated heterocycles. The predicted molar refractivity (Wildman–Crippen MR) is 151 cm³/mol. The van der Waals surface area contributed by atoms with Gasteiger partial charge in [0.2, 0.25) is 0 Å². The smallest absolute Gasteiger partial charge is 0.336 e. The van der Waals surface area contributed by atoms with E-state index in [2.05, 4.69) is 20.2 Å². The van der Waals surface area contributed by atoms with Gasteiger partial charge in [0.05, 0.1) is 85.2 Å². The summed E-state index contributed by atoms with van der Waals surface area (Å²) < 4.78 is 21.8. The van der Waals surface area contributed by atoms with Gasteiger partial charge >= 0.3 is 11.9 Å². The SMILES string of the molecule is CCOC(=O)C1=C(COCc2cc(=O)[nH]c(CN3CCOCC3)n2)NC(C)=C(C(=O)OC)C1c1cccc(Cl)c1Cl. The molecule has 11 nitrogen and oxygen atoms in total. The highest BCUT2D eigenvalue weighted by molar-refractivity contribution is 6.42. The molecule has 41 heavy (non-hydrogen) atoms. The topological polar surface area (TPSA) is 132 Å². The molecule has 1 atom stereocenters. The molecule has 220 valence electrons. The van der Waals surface area contributed by atoms with Crippen LogP contribution in [0.2, 0.25) is 10.0 Å². The van der Waals surface area contributed by atoms with E-state index >= 15 is 0 Å². The van der Waals surface area contributed by atoms with E-state index in [1.165, 1.54) is 13.2 Å². The number of benzene rings is 1. The second kappa shape index (κ2) is 14.1. The van der Waals surface area contributed by atoms with Crippen LogP contribution in [0.25, 0.3) is 0 Å².